The number of hydrogen-bond acceptors (Lipinski definition) is 4. The van der Waals surface area contributed by atoms with E-state index in [2.05, 4.69) is 15.6 Å². The van der Waals surface area contributed by atoms with Gasteiger partial charge in [-0.3, -0.25) is 4.79 Å². The second-order valence-electron chi connectivity index (χ2n) is 4.12. The number of aromatic nitrogens is 1. The van der Waals surface area contributed by atoms with Gasteiger partial charge in [0.2, 0.25) is 5.91 Å². The SMILES string of the molecule is CCC(NC(=O)CNc1ccccc1)c1nccs1.Cl.Cl. The van der Waals surface area contributed by atoms with E-state index in [9.17, 15) is 4.79 Å². The number of nitrogens with one attached hydrogen (secondary N) is 2. The highest BCUT2D eigenvalue weighted by molar-refractivity contribution is 7.09. The fraction of sp³-hybridized carbons (Fsp3) is 0.286. The monoisotopic (exact) mass is 347 g/mol. The summed E-state index contributed by atoms with van der Waals surface area (Å²) < 4.78 is 0. The lowest BCUT2D eigenvalue weighted by molar-refractivity contribution is -0.120. The van der Waals surface area contributed by atoms with Crippen LogP contribution < -0.4 is 10.6 Å². The van der Waals surface area contributed by atoms with Gasteiger partial charge < -0.3 is 10.6 Å². The quantitative estimate of drug-likeness (QED) is 0.838. The molecular formula is C14H19Cl2N3OS. The second kappa shape index (κ2) is 10.4. The van der Waals surface area contributed by atoms with E-state index in [-0.39, 0.29) is 43.3 Å². The summed E-state index contributed by atoms with van der Waals surface area (Å²) in [7, 11) is 0. The fourth-order valence-electron chi connectivity index (χ4n) is 1.73. The standard InChI is InChI=1S/C14H17N3OS.2ClH/c1-2-12(14-15-8-9-19-14)17-13(18)10-16-11-6-4-3-5-7-11;;/h3-9,12,16H,2,10H2,1H3,(H,17,18);2*1H. The maximum atomic E-state index is 11.9. The van der Waals surface area contributed by atoms with Gasteiger partial charge in [-0.1, -0.05) is 25.1 Å². The summed E-state index contributed by atoms with van der Waals surface area (Å²) in [4.78, 5) is 16.1. The largest absolute Gasteiger partial charge is 0.376 e. The lowest BCUT2D eigenvalue weighted by Gasteiger charge is -2.15. The van der Waals surface area contributed by atoms with Crippen LogP contribution in [-0.4, -0.2) is 17.4 Å². The minimum atomic E-state index is -0.0223. The molecule has 0 fully saturated rings. The molecule has 21 heavy (non-hydrogen) atoms. The van der Waals surface area contributed by atoms with Crippen LogP contribution in [0.25, 0.3) is 0 Å². The molecule has 116 valence electrons. The van der Waals surface area contributed by atoms with E-state index in [1.807, 2.05) is 42.6 Å². The Labute approximate surface area is 141 Å². The summed E-state index contributed by atoms with van der Waals surface area (Å²) in [5, 5.41) is 8.95. The highest BCUT2D eigenvalue weighted by atomic mass is 35.5. The van der Waals surface area contributed by atoms with E-state index in [0.29, 0.717) is 0 Å². The number of amides is 1. The predicted molar refractivity (Wildman–Crippen MR) is 92.7 cm³/mol. The summed E-state index contributed by atoms with van der Waals surface area (Å²) >= 11 is 1.57. The number of thiazole rings is 1. The van der Waals surface area contributed by atoms with Gasteiger partial charge in [0.05, 0.1) is 12.6 Å². The Hall–Kier alpha value is -1.30. The van der Waals surface area contributed by atoms with Gasteiger partial charge in [0.1, 0.15) is 5.01 Å². The maximum absolute atomic E-state index is 11.9. The van der Waals surface area contributed by atoms with Crippen LogP contribution in [0.4, 0.5) is 5.69 Å². The summed E-state index contributed by atoms with van der Waals surface area (Å²) in [6.07, 6.45) is 2.60. The minimum absolute atomic E-state index is 0. The maximum Gasteiger partial charge on any atom is 0.239 e. The number of nitrogens with zero attached hydrogens (tertiary/aromatic N) is 1. The van der Waals surface area contributed by atoms with Crippen LogP contribution in [0.1, 0.15) is 24.4 Å². The first-order valence-electron chi connectivity index (χ1n) is 6.27. The van der Waals surface area contributed by atoms with Crippen molar-refractivity contribution in [2.75, 3.05) is 11.9 Å². The van der Waals surface area contributed by atoms with Crippen molar-refractivity contribution >= 4 is 47.7 Å². The Balaban J connectivity index is 0.00000200. The molecule has 0 aliphatic rings. The average Bonchev–Trinajstić information content (AvgIpc) is 2.97. The Kier molecular flexibility index (Phi) is 9.78. The van der Waals surface area contributed by atoms with Crippen molar-refractivity contribution in [1.29, 1.82) is 0 Å². The molecule has 1 amide bonds. The number of para-hydroxylation sites is 1. The van der Waals surface area contributed by atoms with Crippen LogP contribution >= 0.6 is 36.2 Å². The third-order valence-electron chi connectivity index (χ3n) is 2.72. The average molecular weight is 348 g/mol. The van der Waals surface area contributed by atoms with Gasteiger partial charge >= 0.3 is 0 Å². The van der Waals surface area contributed by atoms with Gasteiger partial charge in [-0.15, -0.1) is 36.2 Å². The zero-order valence-corrected chi connectivity index (χ0v) is 14.1. The molecule has 7 heteroatoms. The van der Waals surface area contributed by atoms with Crippen LogP contribution in [-0.2, 0) is 4.79 Å². The zero-order valence-electron chi connectivity index (χ0n) is 11.6. The second-order valence-corrected chi connectivity index (χ2v) is 5.04. The molecule has 1 aromatic carbocycles. The molecule has 0 aliphatic heterocycles. The van der Waals surface area contributed by atoms with Crippen molar-refractivity contribution < 1.29 is 4.79 Å². The van der Waals surface area contributed by atoms with Crippen molar-refractivity contribution in [3.63, 3.8) is 0 Å². The van der Waals surface area contributed by atoms with Crippen LogP contribution in [0.2, 0.25) is 0 Å². The summed E-state index contributed by atoms with van der Waals surface area (Å²) in [5.74, 6) is -0.0223. The van der Waals surface area contributed by atoms with Crippen molar-refractivity contribution in [3.8, 4) is 0 Å². The Bertz CT molecular complexity index is 508. The molecule has 1 atom stereocenters. The van der Waals surface area contributed by atoms with E-state index in [1.165, 1.54) is 0 Å². The molecular weight excluding hydrogens is 329 g/mol. The first-order valence-corrected chi connectivity index (χ1v) is 7.15. The lowest BCUT2D eigenvalue weighted by atomic mass is 10.2. The third-order valence-corrected chi connectivity index (χ3v) is 3.61. The van der Waals surface area contributed by atoms with Gasteiger partial charge in [-0.2, -0.15) is 0 Å². The molecule has 0 bridgehead atoms. The number of rotatable bonds is 6. The van der Waals surface area contributed by atoms with Crippen molar-refractivity contribution in [2.24, 2.45) is 0 Å². The smallest absolute Gasteiger partial charge is 0.239 e. The first-order chi connectivity index (χ1) is 9.29. The van der Waals surface area contributed by atoms with Crippen molar-refractivity contribution in [1.82, 2.24) is 10.3 Å². The van der Waals surface area contributed by atoms with E-state index >= 15 is 0 Å². The van der Waals surface area contributed by atoms with Gasteiger partial charge in [-0.05, 0) is 18.6 Å². The van der Waals surface area contributed by atoms with Gasteiger partial charge in [0.15, 0.2) is 0 Å². The summed E-state index contributed by atoms with van der Waals surface area (Å²) in [5.41, 5.74) is 0.944. The summed E-state index contributed by atoms with van der Waals surface area (Å²) in [6, 6.07) is 9.69. The molecule has 1 aromatic heterocycles. The highest BCUT2D eigenvalue weighted by Crippen LogP contribution is 2.18. The van der Waals surface area contributed by atoms with E-state index < -0.39 is 0 Å². The summed E-state index contributed by atoms with van der Waals surface area (Å²) in [6.45, 7) is 2.31. The Morgan fingerprint density at radius 1 is 1.29 bits per heavy atom. The molecule has 1 heterocycles. The molecule has 4 nitrogen and oxygen atoms in total. The van der Waals surface area contributed by atoms with Gasteiger partial charge in [0, 0.05) is 17.3 Å². The molecule has 2 aromatic rings. The molecule has 0 spiro atoms. The van der Waals surface area contributed by atoms with E-state index in [0.717, 1.165) is 17.1 Å². The van der Waals surface area contributed by atoms with Crippen molar-refractivity contribution in [3.05, 3.63) is 46.9 Å². The zero-order chi connectivity index (χ0) is 13.5. The number of halogens is 2. The number of carbonyl (C=O) groups is 1. The first kappa shape index (κ1) is 19.7. The third kappa shape index (κ3) is 6.33. The molecule has 1 unspecified atom stereocenters. The minimum Gasteiger partial charge on any atom is -0.376 e. The van der Waals surface area contributed by atoms with Crippen LogP contribution in [0.3, 0.4) is 0 Å². The van der Waals surface area contributed by atoms with Crippen LogP contribution in [0.15, 0.2) is 41.9 Å². The number of hydrogen-bond donors (Lipinski definition) is 2. The van der Waals surface area contributed by atoms with Gasteiger partial charge in [0.25, 0.3) is 0 Å². The number of benzene rings is 1. The number of carbonyl (C=O) groups excluding carboxylic acids is 1. The Morgan fingerprint density at radius 2 is 2.00 bits per heavy atom. The predicted octanol–water partition coefficient (Wildman–Crippen LogP) is 3.67. The van der Waals surface area contributed by atoms with E-state index in [4.69, 9.17) is 0 Å². The molecule has 0 radical (unpaired) electrons. The number of anilines is 1. The molecule has 2 rings (SSSR count). The molecule has 0 saturated heterocycles. The van der Waals surface area contributed by atoms with Crippen molar-refractivity contribution in [2.45, 2.75) is 19.4 Å². The highest BCUT2D eigenvalue weighted by Gasteiger charge is 2.14. The van der Waals surface area contributed by atoms with Gasteiger partial charge in [-0.25, -0.2) is 4.98 Å². The Morgan fingerprint density at radius 3 is 2.57 bits per heavy atom. The molecule has 0 aliphatic carbocycles. The lowest BCUT2D eigenvalue weighted by Crippen LogP contribution is -2.33. The molecule has 2 N–H and O–H groups in total. The van der Waals surface area contributed by atoms with E-state index in [1.54, 1.807) is 17.5 Å². The van der Waals surface area contributed by atoms with Crippen LogP contribution in [0, 0.1) is 0 Å². The van der Waals surface area contributed by atoms with Crippen LogP contribution in [0.5, 0.6) is 0 Å². The molecule has 0 saturated carbocycles. The fourth-order valence-corrected chi connectivity index (χ4v) is 2.50. The topological polar surface area (TPSA) is 54.0 Å². The normalized spacial score (nSPS) is 10.7.